The topological polar surface area (TPSA) is 53.2 Å². The normalized spacial score (nSPS) is 13.6. The molecule has 0 amide bonds. The van der Waals surface area contributed by atoms with Crippen molar-refractivity contribution in [3.05, 3.63) is 48.6 Å². The second-order valence-electron chi connectivity index (χ2n) is 4.19. The fraction of sp³-hybridized carbons (Fsp3) is 0.400. The first kappa shape index (κ1) is 14.4. The summed E-state index contributed by atoms with van der Waals surface area (Å²) < 4.78 is 5.74. The van der Waals surface area contributed by atoms with Gasteiger partial charge >= 0.3 is 0 Å². The molecule has 96 valence electrons. The van der Waals surface area contributed by atoms with E-state index in [-0.39, 0.29) is 12.5 Å². The number of aliphatic hydroxyl groups excluding tert-OH is 1. The number of nitriles is 1. The minimum atomic E-state index is -0.629. The lowest BCUT2D eigenvalue weighted by molar-refractivity contribution is 0.00693. The number of rotatable bonds is 8. The van der Waals surface area contributed by atoms with E-state index in [0.717, 1.165) is 5.56 Å². The summed E-state index contributed by atoms with van der Waals surface area (Å²) in [6.07, 6.45) is 2.33. The molecule has 0 fully saturated rings. The first-order valence-electron chi connectivity index (χ1n) is 6.07. The summed E-state index contributed by atoms with van der Waals surface area (Å²) in [4.78, 5) is 0. The lowest BCUT2D eigenvalue weighted by Crippen LogP contribution is -2.20. The van der Waals surface area contributed by atoms with Crippen LogP contribution in [0.3, 0.4) is 0 Å². The average molecular weight is 245 g/mol. The molecule has 0 saturated carbocycles. The van der Waals surface area contributed by atoms with Crippen LogP contribution >= 0.6 is 0 Å². The highest BCUT2D eigenvalue weighted by molar-refractivity contribution is 5.13. The molecule has 2 atom stereocenters. The van der Waals surface area contributed by atoms with E-state index >= 15 is 0 Å². The Kier molecular flexibility index (Phi) is 6.78. The Balaban J connectivity index is 2.43. The van der Waals surface area contributed by atoms with Crippen molar-refractivity contribution in [2.75, 3.05) is 0 Å². The van der Waals surface area contributed by atoms with Crippen LogP contribution < -0.4 is 0 Å². The third-order valence-electron chi connectivity index (χ3n) is 2.62. The molecule has 0 aliphatic heterocycles. The van der Waals surface area contributed by atoms with Gasteiger partial charge in [0.1, 0.15) is 0 Å². The molecule has 3 heteroatoms. The van der Waals surface area contributed by atoms with Gasteiger partial charge in [0, 0.05) is 6.42 Å². The number of aliphatic hydroxyl groups is 1. The zero-order chi connectivity index (χ0) is 13.2. The summed E-state index contributed by atoms with van der Waals surface area (Å²) in [5, 5.41) is 18.1. The molecule has 0 spiro atoms. The Morgan fingerprint density at radius 2 is 2.11 bits per heavy atom. The summed E-state index contributed by atoms with van der Waals surface area (Å²) >= 11 is 0. The van der Waals surface area contributed by atoms with E-state index in [9.17, 15) is 5.11 Å². The van der Waals surface area contributed by atoms with Crippen LogP contribution in [0.4, 0.5) is 0 Å². The van der Waals surface area contributed by atoms with Crippen LogP contribution in [-0.2, 0) is 11.3 Å². The number of hydrogen-bond acceptors (Lipinski definition) is 3. The third kappa shape index (κ3) is 5.62. The van der Waals surface area contributed by atoms with Gasteiger partial charge in [0.2, 0.25) is 0 Å². The maximum atomic E-state index is 9.61. The molecule has 1 aromatic carbocycles. The standard InChI is InChI=1S/C15H19NO2/c1-2-6-15(11-14(17)9-10-16)18-12-13-7-4-3-5-8-13/h2-5,7-8,14-15,17H,1,6,9,11-12H2/t14-,15+/m0/s1. The van der Waals surface area contributed by atoms with Crippen molar-refractivity contribution in [3.63, 3.8) is 0 Å². The predicted octanol–water partition coefficient (Wildman–Crippen LogP) is 2.81. The molecule has 1 aromatic rings. The van der Waals surface area contributed by atoms with Crippen LogP contribution in [0.5, 0.6) is 0 Å². The fourth-order valence-electron chi connectivity index (χ4n) is 1.70. The van der Waals surface area contributed by atoms with Gasteiger partial charge in [0.15, 0.2) is 0 Å². The summed E-state index contributed by atoms with van der Waals surface area (Å²) in [5.41, 5.74) is 1.10. The minimum absolute atomic E-state index is 0.0916. The Hall–Kier alpha value is -1.63. The predicted molar refractivity (Wildman–Crippen MR) is 70.7 cm³/mol. The van der Waals surface area contributed by atoms with E-state index in [4.69, 9.17) is 10.00 Å². The van der Waals surface area contributed by atoms with E-state index in [1.165, 1.54) is 0 Å². The smallest absolute Gasteiger partial charge is 0.0720 e. The Morgan fingerprint density at radius 1 is 1.39 bits per heavy atom. The van der Waals surface area contributed by atoms with Crippen LogP contribution in [-0.4, -0.2) is 17.3 Å². The molecular formula is C15H19NO2. The highest BCUT2D eigenvalue weighted by Gasteiger charge is 2.13. The molecule has 3 nitrogen and oxygen atoms in total. The van der Waals surface area contributed by atoms with Crippen LogP contribution in [0.1, 0.15) is 24.8 Å². The van der Waals surface area contributed by atoms with Gasteiger partial charge in [-0.3, -0.25) is 0 Å². The zero-order valence-electron chi connectivity index (χ0n) is 10.5. The van der Waals surface area contributed by atoms with Gasteiger partial charge in [-0.1, -0.05) is 36.4 Å². The molecule has 0 unspecified atom stereocenters. The monoisotopic (exact) mass is 245 g/mol. The van der Waals surface area contributed by atoms with E-state index in [2.05, 4.69) is 6.58 Å². The SMILES string of the molecule is C=CC[C@H](C[C@@H](O)CC#N)OCc1ccccc1. The van der Waals surface area contributed by atoms with Crippen molar-refractivity contribution in [1.29, 1.82) is 5.26 Å². The second kappa shape index (κ2) is 8.46. The molecular weight excluding hydrogens is 226 g/mol. The van der Waals surface area contributed by atoms with Crippen LogP contribution in [0.2, 0.25) is 0 Å². The van der Waals surface area contributed by atoms with Crippen LogP contribution in [0.15, 0.2) is 43.0 Å². The van der Waals surface area contributed by atoms with E-state index < -0.39 is 6.10 Å². The summed E-state index contributed by atoms with van der Waals surface area (Å²) in [6, 6.07) is 11.8. The minimum Gasteiger partial charge on any atom is -0.392 e. The van der Waals surface area contributed by atoms with Crippen molar-refractivity contribution >= 4 is 0 Å². The van der Waals surface area contributed by atoms with E-state index in [0.29, 0.717) is 19.4 Å². The van der Waals surface area contributed by atoms with Gasteiger partial charge in [0.05, 0.1) is 31.3 Å². The largest absolute Gasteiger partial charge is 0.392 e. The van der Waals surface area contributed by atoms with Gasteiger partial charge in [0.25, 0.3) is 0 Å². The van der Waals surface area contributed by atoms with Crippen molar-refractivity contribution in [1.82, 2.24) is 0 Å². The number of nitrogens with zero attached hydrogens (tertiary/aromatic N) is 1. The number of ether oxygens (including phenoxy) is 1. The molecule has 0 radical (unpaired) electrons. The molecule has 0 aliphatic rings. The summed E-state index contributed by atoms with van der Waals surface area (Å²) in [7, 11) is 0. The molecule has 1 N–H and O–H groups in total. The maximum absolute atomic E-state index is 9.61. The van der Waals surface area contributed by atoms with Gasteiger partial charge in [-0.25, -0.2) is 0 Å². The average Bonchev–Trinajstić information content (AvgIpc) is 2.38. The van der Waals surface area contributed by atoms with Crippen molar-refractivity contribution in [2.45, 2.75) is 38.1 Å². The molecule has 0 saturated heterocycles. The molecule has 0 aliphatic carbocycles. The second-order valence-corrected chi connectivity index (χ2v) is 4.19. The van der Waals surface area contributed by atoms with Gasteiger partial charge in [-0.15, -0.1) is 6.58 Å². The molecule has 0 bridgehead atoms. The fourth-order valence-corrected chi connectivity index (χ4v) is 1.70. The Bertz CT molecular complexity index is 383. The number of hydrogen-bond donors (Lipinski definition) is 1. The highest BCUT2D eigenvalue weighted by Crippen LogP contribution is 2.13. The first-order chi connectivity index (χ1) is 8.76. The number of benzene rings is 1. The van der Waals surface area contributed by atoms with Crippen LogP contribution in [0, 0.1) is 11.3 Å². The summed E-state index contributed by atoms with van der Waals surface area (Å²) in [5.74, 6) is 0. The van der Waals surface area contributed by atoms with Gasteiger partial charge < -0.3 is 9.84 Å². The first-order valence-corrected chi connectivity index (χ1v) is 6.07. The van der Waals surface area contributed by atoms with Gasteiger partial charge in [-0.05, 0) is 12.0 Å². The van der Waals surface area contributed by atoms with Gasteiger partial charge in [-0.2, -0.15) is 5.26 Å². The quantitative estimate of drug-likeness (QED) is 0.716. The third-order valence-corrected chi connectivity index (χ3v) is 2.62. The van der Waals surface area contributed by atoms with Crippen molar-refractivity contribution < 1.29 is 9.84 Å². The Labute approximate surface area is 108 Å². The molecule has 0 heterocycles. The highest BCUT2D eigenvalue weighted by atomic mass is 16.5. The molecule has 0 aromatic heterocycles. The summed E-state index contributed by atoms with van der Waals surface area (Å²) in [6.45, 7) is 4.19. The zero-order valence-corrected chi connectivity index (χ0v) is 10.5. The Morgan fingerprint density at radius 3 is 2.72 bits per heavy atom. The molecule has 18 heavy (non-hydrogen) atoms. The van der Waals surface area contributed by atoms with E-state index in [1.54, 1.807) is 6.08 Å². The van der Waals surface area contributed by atoms with E-state index in [1.807, 2.05) is 36.4 Å². The maximum Gasteiger partial charge on any atom is 0.0720 e. The van der Waals surface area contributed by atoms with Crippen molar-refractivity contribution in [3.8, 4) is 6.07 Å². The molecule has 1 rings (SSSR count). The lowest BCUT2D eigenvalue weighted by Gasteiger charge is -2.18. The lowest BCUT2D eigenvalue weighted by atomic mass is 10.1. The van der Waals surface area contributed by atoms with Crippen molar-refractivity contribution in [2.24, 2.45) is 0 Å². The van der Waals surface area contributed by atoms with Crippen LogP contribution in [0.25, 0.3) is 0 Å².